The van der Waals surface area contributed by atoms with Gasteiger partial charge in [0.2, 0.25) is 0 Å². The van der Waals surface area contributed by atoms with Gasteiger partial charge in [0.1, 0.15) is 0 Å². The molecule has 2 aromatic rings. The molecular weight excluding hydrogens is 417 g/mol. The van der Waals surface area contributed by atoms with Gasteiger partial charge in [0, 0.05) is 0 Å². The summed E-state index contributed by atoms with van der Waals surface area (Å²) in [6, 6.07) is 12.3. The quantitative estimate of drug-likeness (QED) is 0.565. The summed E-state index contributed by atoms with van der Waals surface area (Å²) in [5.41, 5.74) is 1.00. The van der Waals surface area contributed by atoms with Crippen LogP contribution in [0, 0.1) is 13.8 Å². The molecule has 0 heterocycles. The Hall–Kier alpha value is -0.377. The zero-order valence-corrected chi connectivity index (χ0v) is 16.7. The van der Waals surface area contributed by atoms with Crippen LogP contribution in [0.1, 0.15) is 11.1 Å². The molecule has 0 N–H and O–H groups in total. The van der Waals surface area contributed by atoms with Crippen molar-refractivity contribution in [2.75, 3.05) is 0 Å². The average molecular weight is 431 g/mol. The molecule has 2 rings (SSSR count). The van der Waals surface area contributed by atoms with E-state index in [1.807, 2.05) is 0 Å². The minimum absolute atomic E-state index is 0. The minimum Gasteiger partial charge on any atom is -0.807 e. The molecular formula is C14H14O6P2Zr. The van der Waals surface area contributed by atoms with Crippen molar-refractivity contribution >= 4 is 25.8 Å². The number of hydrogen-bond acceptors (Lipinski definition) is 6. The van der Waals surface area contributed by atoms with E-state index < -0.39 is 15.2 Å². The second-order valence-electron chi connectivity index (χ2n) is 4.57. The third-order valence-electron chi connectivity index (χ3n) is 2.82. The van der Waals surface area contributed by atoms with Gasteiger partial charge in [-0.15, -0.1) is 0 Å². The van der Waals surface area contributed by atoms with Gasteiger partial charge in [-0.1, -0.05) is 48.5 Å². The maximum Gasteiger partial charge on any atom is 4.00 e. The van der Waals surface area contributed by atoms with Crippen molar-refractivity contribution in [3.63, 3.8) is 0 Å². The average Bonchev–Trinajstić information content (AvgIpc) is 2.37. The molecule has 0 amide bonds. The van der Waals surface area contributed by atoms with E-state index in [9.17, 15) is 28.7 Å². The molecule has 120 valence electrons. The fraction of sp³-hybridized carbons (Fsp3) is 0.143. The molecule has 0 aromatic heterocycles. The summed E-state index contributed by atoms with van der Waals surface area (Å²) in [4.78, 5) is 42.1. The zero-order valence-electron chi connectivity index (χ0n) is 12.5. The van der Waals surface area contributed by atoms with Crippen LogP contribution in [0.5, 0.6) is 0 Å². The second-order valence-corrected chi connectivity index (χ2v) is 7.52. The fourth-order valence-corrected chi connectivity index (χ4v) is 3.29. The van der Waals surface area contributed by atoms with Crippen molar-refractivity contribution in [2.45, 2.75) is 13.8 Å². The third kappa shape index (κ3) is 7.37. The third-order valence-corrected chi connectivity index (χ3v) is 5.00. The SMILES string of the molecule is Cc1ccccc1P(=O)([O-])[O-].Cc1ccccc1P(=O)([O-])[O-].[Zr+4]. The molecule has 0 saturated heterocycles. The Kier molecular flexibility index (Phi) is 9.05. The van der Waals surface area contributed by atoms with Crippen LogP contribution in [0.15, 0.2) is 48.5 Å². The molecule has 0 radical (unpaired) electrons. The first-order chi connectivity index (χ1) is 10.0. The second kappa shape index (κ2) is 9.20. The normalized spacial score (nSPS) is 11.0. The Balaban J connectivity index is 0.000000403. The molecule has 0 aliphatic heterocycles. The summed E-state index contributed by atoms with van der Waals surface area (Å²) in [7, 11) is -9.11. The summed E-state index contributed by atoms with van der Waals surface area (Å²) < 4.78 is 21.1. The van der Waals surface area contributed by atoms with E-state index in [4.69, 9.17) is 0 Å². The van der Waals surface area contributed by atoms with Crippen molar-refractivity contribution in [1.29, 1.82) is 0 Å². The summed E-state index contributed by atoms with van der Waals surface area (Å²) in [6.45, 7) is 3.19. The van der Waals surface area contributed by atoms with Gasteiger partial charge in [-0.05, 0) is 50.8 Å². The van der Waals surface area contributed by atoms with Gasteiger partial charge in [0.15, 0.2) is 0 Å². The van der Waals surface area contributed by atoms with Gasteiger partial charge < -0.3 is 28.7 Å². The Morgan fingerprint density at radius 1 is 0.652 bits per heavy atom. The molecule has 2 aromatic carbocycles. The standard InChI is InChI=1S/2C7H9O3P.Zr/c2*1-6-4-2-3-5-7(6)11(8,9)10;/h2*2-5H,1H3,(H2,8,9,10);/q;;+4/p-4. The molecule has 0 fully saturated rings. The largest absolute Gasteiger partial charge is 4.00 e. The molecule has 6 nitrogen and oxygen atoms in total. The van der Waals surface area contributed by atoms with Crippen molar-refractivity contribution in [1.82, 2.24) is 0 Å². The van der Waals surface area contributed by atoms with Crippen LogP contribution in [-0.4, -0.2) is 0 Å². The predicted molar refractivity (Wildman–Crippen MR) is 76.8 cm³/mol. The van der Waals surface area contributed by atoms with Gasteiger partial charge in [-0.2, -0.15) is 0 Å². The van der Waals surface area contributed by atoms with Crippen LogP contribution < -0.4 is 30.2 Å². The maximum absolute atomic E-state index is 10.5. The van der Waals surface area contributed by atoms with Crippen LogP contribution in [0.2, 0.25) is 0 Å². The smallest absolute Gasteiger partial charge is 0.807 e. The number of hydrogen-bond donors (Lipinski definition) is 0. The summed E-state index contributed by atoms with van der Waals surface area (Å²) in [5, 5.41) is -0.222. The topological polar surface area (TPSA) is 126 Å². The first kappa shape index (κ1) is 22.6. The van der Waals surface area contributed by atoms with Crippen LogP contribution in [0.25, 0.3) is 0 Å². The summed E-state index contributed by atoms with van der Waals surface area (Å²) in [5.74, 6) is 0. The monoisotopic (exact) mass is 430 g/mol. The maximum atomic E-state index is 10.5. The minimum atomic E-state index is -4.56. The first-order valence-corrected chi connectivity index (χ1v) is 9.28. The molecule has 0 saturated carbocycles. The predicted octanol–water partition coefficient (Wildman–Crippen LogP) is -0.934. The van der Waals surface area contributed by atoms with Crippen molar-refractivity contribution in [3.8, 4) is 0 Å². The van der Waals surface area contributed by atoms with Crippen LogP contribution in [-0.2, 0) is 35.3 Å². The number of benzene rings is 2. The molecule has 0 unspecified atom stereocenters. The van der Waals surface area contributed by atoms with Gasteiger partial charge in [0.25, 0.3) is 0 Å². The molecule has 0 aliphatic carbocycles. The van der Waals surface area contributed by atoms with E-state index in [2.05, 4.69) is 0 Å². The van der Waals surface area contributed by atoms with E-state index in [1.165, 1.54) is 24.3 Å². The van der Waals surface area contributed by atoms with E-state index in [1.54, 1.807) is 38.1 Å². The summed E-state index contributed by atoms with van der Waals surface area (Å²) >= 11 is 0. The van der Waals surface area contributed by atoms with E-state index in [-0.39, 0.29) is 36.8 Å². The molecule has 0 atom stereocenters. The molecule has 9 heteroatoms. The fourth-order valence-electron chi connectivity index (χ4n) is 1.74. The molecule has 0 aliphatic rings. The molecule has 0 bridgehead atoms. The summed E-state index contributed by atoms with van der Waals surface area (Å²) in [6.07, 6.45) is 0. The van der Waals surface area contributed by atoms with Crippen molar-refractivity contribution < 1.29 is 54.9 Å². The number of aryl methyl sites for hydroxylation is 2. The Labute approximate surface area is 154 Å². The van der Waals surface area contributed by atoms with Crippen LogP contribution in [0.3, 0.4) is 0 Å². The molecule has 0 spiro atoms. The Morgan fingerprint density at radius 3 is 1.09 bits per heavy atom. The molecule has 23 heavy (non-hydrogen) atoms. The Morgan fingerprint density at radius 2 is 0.913 bits per heavy atom. The van der Waals surface area contributed by atoms with E-state index >= 15 is 0 Å². The van der Waals surface area contributed by atoms with Crippen LogP contribution in [0.4, 0.5) is 0 Å². The van der Waals surface area contributed by atoms with Crippen LogP contribution >= 0.6 is 15.2 Å². The van der Waals surface area contributed by atoms with Gasteiger partial charge in [0.05, 0.1) is 0 Å². The van der Waals surface area contributed by atoms with E-state index in [0.717, 1.165) is 0 Å². The van der Waals surface area contributed by atoms with Gasteiger partial charge in [-0.25, -0.2) is 0 Å². The van der Waals surface area contributed by atoms with E-state index in [0.29, 0.717) is 11.1 Å². The number of rotatable bonds is 2. The van der Waals surface area contributed by atoms with Crippen molar-refractivity contribution in [2.24, 2.45) is 0 Å². The van der Waals surface area contributed by atoms with Gasteiger partial charge >= 0.3 is 26.2 Å². The Bertz CT molecular complexity index is 674. The zero-order chi connectivity index (χ0) is 17.0. The first-order valence-electron chi connectivity index (χ1n) is 6.20. The van der Waals surface area contributed by atoms with Gasteiger partial charge in [-0.3, -0.25) is 0 Å². The van der Waals surface area contributed by atoms with Crippen molar-refractivity contribution in [3.05, 3.63) is 59.7 Å².